The molecule has 0 spiro atoms. The highest BCUT2D eigenvalue weighted by Gasteiger charge is 2.14. The zero-order valence-electron chi connectivity index (χ0n) is 13.0. The topological polar surface area (TPSA) is 62.7 Å². The van der Waals surface area contributed by atoms with Gasteiger partial charge in [-0.15, -0.1) is 0 Å². The number of benzene rings is 2. The lowest BCUT2D eigenvalue weighted by atomic mass is 10.1. The normalized spacial score (nSPS) is 12.3. The standard InChI is InChI=1S/C18H19N3O2/c1-23-15-7-4-6-13(11-15)18(22)20-10-9-19-17-16-8-3-2-5-14(16)12-21-17/h2-8,11H,9-10,12H2,1H3,(H,19,21)(H,20,22). The molecule has 23 heavy (non-hydrogen) atoms. The van der Waals surface area contributed by atoms with Crippen LogP contribution in [0.4, 0.5) is 0 Å². The number of carbonyl (C=O) groups is 1. The Kier molecular flexibility index (Phi) is 4.57. The number of nitrogens with zero attached hydrogens (tertiary/aromatic N) is 1. The second-order valence-corrected chi connectivity index (χ2v) is 5.24. The van der Waals surface area contributed by atoms with Gasteiger partial charge in [-0.25, -0.2) is 0 Å². The molecule has 0 saturated heterocycles. The third kappa shape index (κ3) is 3.51. The number of methoxy groups -OCH3 is 1. The first kappa shape index (κ1) is 15.1. The molecule has 3 rings (SSSR count). The van der Waals surface area contributed by atoms with Crippen molar-refractivity contribution in [2.45, 2.75) is 6.54 Å². The quantitative estimate of drug-likeness (QED) is 0.830. The molecule has 5 heteroatoms. The monoisotopic (exact) mass is 309 g/mol. The first-order chi connectivity index (χ1) is 11.3. The zero-order chi connectivity index (χ0) is 16.1. The fourth-order valence-corrected chi connectivity index (χ4v) is 2.51. The molecule has 1 aliphatic heterocycles. The van der Waals surface area contributed by atoms with E-state index in [9.17, 15) is 4.79 Å². The second-order valence-electron chi connectivity index (χ2n) is 5.24. The smallest absolute Gasteiger partial charge is 0.251 e. The number of hydrogen-bond donors (Lipinski definition) is 2. The van der Waals surface area contributed by atoms with Crippen LogP contribution in [0.3, 0.4) is 0 Å². The van der Waals surface area contributed by atoms with Crippen LogP contribution in [0.15, 0.2) is 53.5 Å². The van der Waals surface area contributed by atoms with Crippen LogP contribution < -0.4 is 15.4 Å². The molecule has 2 aromatic carbocycles. The number of ether oxygens (including phenoxy) is 1. The summed E-state index contributed by atoms with van der Waals surface area (Å²) in [7, 11) is 1.58. The Hall–Kier alpha value is -2.82. The lowest BCUT2D eigenvalue weighted by Gasteiger charge is -2.09. The number of fused-ring (bicyclic) bond motifs is 1. The fourth-order valence-electron chi connectivity index (χ4n) is 2.51. The Balaban J connectivity index is 1.48. The molecule has 1 amide bonds. The molecular formula is C18H19N3O2. The van der Waals surface area contributed by atoms with Gasteiger partial charge >= 0.3 is 0 Å². The lowest BCUT2D eigenvalue weighted by Crippen LogP contribution is -2.34. The van der Waals surface area contributed by atoms with Crippen molar-refractivity contribution in [2.24, 2.45) is 4.99 Å². The molecule has 0 aromatic heterocycles. The molecule has 5 nitrogen and oxygen atoms in total. The number of amides is 1. The summed E-state index contributed by atoms with van der Waals surface area (Å²) in [5.41, 5.74) is 2.97. The summed E-state index contributed by atoms with van der Waals surface area (Å²) in [6.45, 7) is 1.87. The Morgan fingerprint density at radius 3 is 2.91 bits per heavy atom. The summed E-state index contributed by atoms with van der Waals surface area (Å²) < 4.78 is 5.12. The summed E-state index contributed by atoms with van der Waals surface area (Å²) in [4.78, 5) is 16.6. The van der Waals surface area contributed by atoms with Crippen molar-refractivity contribution in [3.8, 4) is 5.75 Å². The molecule has 0 bridgehead atoms. The summed E-state index contributed by atoms with van der Waals surface area (Å²) in [6, 6.07) is 15.3. The maximum absolute atomic E-state index is 12.1. The van der Waals surface area contributed by atoms with Gasteiger partial charge in [-0.1, -0.05) is 30.3 Å². The van der Waals surface area contributed by atoms with Gasteiger partial charge in [-0.2, -0.15) is 0 Å². The lowest BCUT2D eigenvalue weighted by molar-refractivity contribution is 0.0954. The maximum Gasteiger partial charge on any atom is 0.251 e. The van der Waals surface area contributed by atoms with Gasteiger partial charge in [0.15, 0.2) is 0 Å². The largest absolute Gasteiger partial charge is 0.497 e. The first-order valence-corrected chi connectivity index (χ1v) is 7.57. The predicted molar refractivity (Wildman–Crippen MR) is 90.0 cm³/mol. The van der Waals surface area contributed by atoms with Crippen molar-refractivity contribution in [3.05, 3.63) is 65.2 Å². The minimum absolute atomic E-state index is 0.112. The summed E-state index contributed by atoms with van der Waals surface area (Å²) >= 11 is 0. The third-order valence-corrected chi connectivity index (χ3v) is 3.71. The Bertz CT molecular complexity index is 741. The molecule has 0 atom stereocenters. The van der Waals surface area contributed by atoms with Crippen LogP contribution in [-0.4, -0.2) is 31.9 Å². The Morgan fingerprint density at radius 1 is 1.17 bits per heavy atom. The number of amidine groups is 1. The second kappa shape index (κ2) is 6.96. The average Bonchev–Trinajstić information content (AvgIpc) is 3.02. The van der Waals surface area contributed by atoms with E-state index in [0.29, 0.717) is 30.9 Å². The van der Waals surface area contributed by atoms with Gasteiger partial charge in [-0.3, -0.25) is 9.79 Å². The number of aliphatic imine (C=N–C) groups is 1. The van der Waals surface area contributed by atoms with Crippen molar-refractivity contribution >= 4 is 11.7 Å². The van der Waals surface area contributed by atoms with Gasteiger partial charge in [-0.05, 0) is 23.8 Å². The highest BCUT2D eigenvalue weighted by Crippen LogP contribution is 2.16. The van der Waals surface area contributed by atoms with E-state index in [4.69, 9.17) is 4.74 Å². The highest BCUT2D eigenvalue weighted by atomic mass is 16.5. The van der Waals surface area contributed by atoms with E-state index in [1.807, 2.05) is 18.2 Å². The molecule has 0 fully saturated rings. The van der Waals surface area contributed by atoms with Crippen LogP contribution in [0.1, 0.15) is 21.5 Å². The van der Waals surface area contributed by atoms with Gasteiger partial charge in [0.25, 0.3) is 5.91 Å². The molecule has 0 aliphatic carbocycles. The molecular weight excluding hydrogens is 290 g/mol. The molecule has 0 radical (unpaired) electrons. The van der Waals surface area contributed by atoms with Gasteiger partial charge in [0.05, 0.1) is 13.7 Å². The molecule has 2 N–H and O–H groups in total. The first-order valence-electron chi connectivity index (χ1n) is 7.57. The van der Waals surface area contributed by atoms with E-state index in [0.717, 1.165) is 11.4 Å². The van der Waals surface area contributed by atoms with E-state index in [2.05, 4.69) is 27.8 Å². The van der Waals surface area contributed by atoms with Crippen LogP contribution in [-0.2, 0) is 6.54 Å². The van der Waals surface area contributed by atoms with Crippen molar-refractivity contribution in [2.75, 3.05) is 20.2 Å². The minimum atomic E-state index is -0.112. The van der Waals surface area contributed by atoms with E-state index in [1.54, 1.807) is 25.3 Å². The van der Waals surface area contributed by atoms with Gasteiger partial charge in [0, 0.05) is 24.2 Å². The Morgan fingerprint density at radius 2 is 2.04 bits per heavy atom. The van der Waals surface area contributed by atoms with Crippen LogP contribution in [0.25, 0.3) is 0 Å². The molecule has 1 aliphatic rings. The minimum Gasteiger partial charge on any atom is -0.497 e. The van der Waals surface area contributed by atoms with Crippen molar-refractivity contribution in [3.63, 3.8) is 0 Å². The zero-order valence-corrected chi connectivity index (χ0v) is 13.0. The number of rotatable bonds is 5. The molecule has 118 valence electrons. The highest BCUT2D eigenvalue weighted by molar-refractivity contribution is 6.02. The van der Waals surface area contributed by atoms with E-state index < -0.39 is 0 Å². The van der Waals surface area contributed by atoms with Crippen LogP contribution in [0.2, 0.25) is 0 Å². The Labute approximate surface area is 135 Å². The molecule has 0 unspecified atom stereocenters. The van der Waals surface area contributed by atoms with Crippen molar-refractivity contribution in [1.82, 2.24) is 10.6 Å². The number of hydrogen-bond acceptors (Lipinski definition) is 4. The van der Waals surface area contributed by atoms with Gasteiger partial charge in [0.2, 0.25) is 0 Å². The molecule has 2 aromatic rings. The summed E-state index contributed by atoms with van der Waals surface area (Å²) in [6.07, 6.45) is 0. The predicted octanol–water partition coefficient (Wildman–Crippen LogP) is 1.97. The van der Waals surface area contributed by atoms with Crippen LogP contribution >= 0.6 is 0 Å². The van der Waals surface area contributed by atoms with E-state index in [1.165, 1.54) is 5.56 Å². The summed E-state index contributed by atoms with van der Waals surface area (Å²) in [5.74, 6) is 1.46. The van der Waals surface area contributed by atoms with Gasteiger partial charge < -0.3 is 15.4 Å². The van der Waals surface area contributed by atoms with Crippen molar-refractivity contribution in [1.29, 1.82) is 0 Å². The van der Waals surface area contributed by atoms with Crippen LogP contribution in [0, 0.1) is 0 Å². The van der Waals surface area contributed by atoms with Crippen LogP contribution in [0.5, 0.6) is 5.75 Å². The molecule has 0 saturated carbocycles. The number of carbonyl (C=O) groups excluding carboxylic acids is 1. The average molecular weight is 309 g/mol. The maximum atomic E-state index is 12.1. The van der Waals surface area contributed by atoms with E-state index >= 15 is 0 Å². The summed E-state index contributed by atoms with van der Waals surface area (Å²) in [5, 5.41) is 6.16. The third-order valence-electron chi connectivity index (χ3n) is 3.71. The van der Waals surface area contributed by atoms with Crippen molar-refractivity contribution < 1.29 is 9.53 Å². The SMILES string of the molecule is COc1cccc(C(=O)NCCNC2=NCc3ccccc32)c1. The number of nitrogens with one attached hydrogen (secondary N) is 2. The van der Waals surface area contributed by atoms with E-state index in [-0.39, 0.29) is 5.91 Å². The molecule has 1 heterocycles. The van der Waals surface area contributed by atoms with Gasteiger partial charge in [0.1, 0.15) is 11.6 Å². The fraction of sp³-hybridized carbons (Fsp3) is 0.222.